The van der Waals surface area contributed by atoms with Gasteiger partial charge in [0.2, 0.25) is 11.8 Å². The Bertz CT molecular complexity index is 1500. The van der Waals surface area contributed by atoms with Crippen molar-refractivity contribution in [2.24, 2.45) is 0 Å². The predicted molar refractivity (Wildman–Crippen MR) is 163 cm³/mol. The zero-order valence-corrected chi connectivity index (χ0v) is 24.6. The Morgan fingerprint density at radius 1 is 1.00 bits per heavy atom. The molecule has 4 aromatic rings. The average molecular weight is 590 g/mol. The van der Waals surface area contributed by atoms with E-state index in [9.17, 15) is 9.59 Å². The number of amides is 2. The van der Waals surface area contributed by atoms with Gasteiger partial charge in [0.25, 0.3) is 0 Å². The Morgan fingerprint density at radius 2 is 1.73 bits per heavy atom. The molecule has 0 spiro atoms. The quantitative estimate of drug-likeness (QED) is 0.215. The van der Waals surface area contributed by atoms with Gasteiger partial charge in [-0.05, 0) is 42.7 Å². The minimum atomic E-state index is -1.02. The molecule has 0 bridgehead atoms. The van der Waals surface area contributed by atoms with Crippen molar-refractivity contribution in [3.63, 3.8) is 0 Å². The summed E-state index contributed by atoms with van der Waals surface area (Å²) >= 11 is 7.55. The van der Waals surface area contributed by atoms with Crippen LogP contribution in [0.5, 0.6) is 11.5 Å². The van der Waals surface area contributed by atoms with Crippen molar-refractivity contribution in [1.82, 2.24) is 9.88 Å². The van der Waals surface area contributed by atoms with Crippen molar-refractivity contribution in [2.75, 3.05) is 19.5 Å². The van der Waals surface area contributed by atoms with Crippen LogP contribution in [0, 0.1) is 0 Å². The van der Waals surface area contributed by atoms with Gasteiger partial charge in [0.15, 0.2) is 0 Å². The molecule has 0 unspecified atom stereocenters. The molecular formula is C32H32ClN3O4S. The number of methoxy groups -OCH3 is 2. The molecule has 3 aromatic carbocycles. The number of aromatic nitrogens is 1. The lowest BCUT2D eigenvalue weighted by Crippen LogP contribution is -2.57. The molecule has 212 valence electrons. The second kappa shape index (κ2) is 12.7. The maximum atomic E-state index is 14.2. The maximum Gasteiger partial charge on any atom is 0.250 e. The number of benzene rings is 3. The van der Waals surface area contributed by atoms with E-state index >= 15 is 0 Å². The monoisotopic (exact) mass is 589 g/mol. The lowest BCUT2D eigenvalue weighted by atomic mass is 9.92. The summed E-state index contributed by atoms with van der Waals surface area (Å²) in [6, 6.07) is 22.4. The van der Waals surface area contributed by atoms with Crippen molar-refractivity contribution in [3.05, 3.63) is 93.8 Å². The zero-order valence-electron chi connectivity index (χ0n) is 23.1. The van der Waals surface area contributed by atoms with E-state index in [4.69, 9.17) is 26.1 Å². The fraction of sp³-hybridized carbons (Fsp3) is 0.281. The van der Waals surface area contributed by atoms with E-state index in [1.807, 2.05) is 60.0 Å². The highest BCUT2D eigenvalue weighted by Gasteiger charge is 2.48. The normalized spacial score (nSPS) is 13.9. The number of ether oxygens (including phenoxy) is 2. The van der Waals surface area contributed by atoms with Gasteiger partial charge in [-0.2, -0.15) is 0 Å². The molecule has 0 saturated heterocycles. The average Bonchev–Trinajstić information content (AvgIpc) is 3.68. The number of rotatable bonds is 10. The van der Waals surface area contributed by atoms with Crippen molar-refractivity contribution < 1.29 is 19.1 Å². The molecule has 41 heavy (non-hydrogen) atoms. The molecule has 2 amide bonds. The Kier molecular flexibility index (Phi) is 8.90. The number of nitrogens with zero attached hydrogens (tertiary/aromatic N) is 2. The van der Waals surface area contributed by atoms with Gasteiger partial charge in [-0.1, -0.05) is 66.9 Å². The minimum absolute atomic E-state index is 0.113. The van der Waals surface area contributed by atoms with E-state index in [-0.39, 0.29) is 24.8 Å². The van der Waals surface area contributed by atoms with Crippen LogP contribution in [0.2, 0.25) is 5.02 Å². The summed E-state index contributed by atoms with van der Waals surface area (Å²) in [7, 11) is 3.12. The number of hydrogen-bond acceptors (Lipinski definition) is 6. The number of nitrogens with one attached hydrogen (secondary N) is 1. The molecule has 1 N–H and O–H groups in total. The van der Waals surface area contributed by atoms with Gasteiger partial charge in [0.05, 0.1) is 38.6 Å². The Morgan fingerprint density at radius 3 is 2.41 bits per heavy atom. The standard InChI is InChI=1S/C32H32ClN3O4S/c1-39-25-14-15-26(28(19-25)40-2)35-31(38)32(16-6-7-17-32)36(30(37)18-22-8-4-3-5-9-22)20-29-34-27(21-41-29)23-10-12-24(33)13-11-23/h3-5,8-15,19,21H,6-7,16-18,20H2,1-2H3,(H,35,38). The highest BCUT2D eigenvalue weighted by Crippen LogP contribution is 2.40. The lowest BCUT2D eigenvalue weighted by Gasteiger charge is -2.40. The summed E-state index contributed by atoms with van der Waals surface area (Å²) in [6.45, 7) is 0.233. The highest BCUT2D eigenvalue weighted by molar-refractivity contribution is 7.09. The molecule has 9 heteroatoms. The van der Waals surface area contributed by atoms with Gasteiger partial charge >= 0.3 is 0 Å². The Labute approximate surface area is 249 Å². The fourth-order valence-electron chi connectivity index (χ4n) is 5.34. The van der Waals surface area contributed by atoms with Crippen molar-refractivity contribution in [2.45, 2.75) is 44.2 Å². The molecule has 0 aliphatic heterocycles. The molecule has 1 saturated carbocycles. The zero-order chi connectivity index (χ0) is 28.8. The molecule has 1 fully saturated rings. The molecule has 7 nitrogen and oxygen atoms in total. The Hall–Kier alpha value is -3.88. The molecule has 1 heterocycles. The van der Waals surface area contributed by atoms with Gasteiger partial charge in [-0.15, -0.1) is 11.3 Å². The summed E-state index contributed by atoms with van der Waals surface area (Å²) < 4.78 is 10.8. The molecule has 0 atom stereocenters. The second-order valence-corrected chi connectivity index (χ2v) is 11.4. The third-order valence-electron chi connectivity index (χ3n) is 7.51. The van der Waals surface area contributed by atoms with E-state index in [0.717, 1.165) is 34.7 Å². The van der Waals surface area contributed by atoms with Crippen LogP contribution in [-0.2, 0) is 22.6 Å². The fourth-order valence-corrected chi connectivity index (χ4v) is 6.25. The minimum Gasteiger partial charge on any atom is -0.497 e. The summed E-state index contributed by atoms with van der Waals surface area (Å²) in [4.78, 5) is 34.8. The van der Waals surface area contributed by atoms with E-state index in [1.54, 1.807) is 37.3 Å². The third-order valence-corrected chi connectivity index (χ3v) is 8.60. The van der Waals surface area contributed by atoms with Crippen LogP contribution < -0.4 is 14.8 Å². The van der Waals surface area contributed by atoms with E-state index < -0.39 is 5.54 Å². The first-order valence-corrected chi connectivity index (χ1v) is 14.8. The first kappa shape index (κ1) is 28.6. The van der Waals surface area contributed by atoms with Gasteiger partial charge in [-0.3, -0.25) is 9.59 Å². The van der Waals surface area contributed by atoms with Crippen molar-refractivity contribution in [1.29, 1.82) is 0 Å². The van der Waals surface area contributed by atoms with Crippen LogP contribution >= 0.6 is 22.9 Å². The third kappa shape index (κ3) is 6.39. The van der Waals surface area contributed by atoms with E-state index in [1.165, 1.54) is 11.3 Å². The summed E-state index contributed by atoms with van der Waals surface area (Å²) in [6.07, 6.45) is 3.00. The summed E-state index contributed by atoms with van der Waals surface area (Å²) in [5, 5.41) is 6.47. The predicted octanol–water partition coefficient (Wildman–Crippen LogP) is 7.00. The lowest BCUT2D eigenvalue weighted by molar-refractivity contribution is -0.145. The second-order valence-electron chi connectivity index (χ2n) is 10.0. The SMILES string of the molecule is COc1ccc(NC(=O)C2(N(Cc3nc(-c4ccc(Cl)cc4)cs3)C(=O)Cc3ccccc3)CCCC2)c(OC)c1. The first-order chi connectivity index (χ1) is 19.9. The molecule has 0 radical (unpaired) electrons. The molecule has 1 aliphatic carbocycles. The number of halogens is 1. The van der Waals surface area contributed by atoms with Crippen LogP contribution in [0.4, 0.5) is 5.69 Å². The number of anilines is 1. The van der Waals surface area contributed by atoms with Crippen LogP contribution in [0.15, 0.2) is 78.2 Å². The molecular weight excluding hydrogens is 558 g/mol. The van der Waals surface area contributed by atoms with Crippen molar-refractivity contribution in [3.8, 4) is 22.8 Å². The van der Waals surface area contributed by atoms with E-state index in [0.29, 0.717) is 35.1 Å². The van der Waals surface area contributed by atoms with Gasteiger partial charge < -0.3 is 19.7 Å². The van der Waals surface area contributed by atoms with Gasteiger partial charge in [-0.25, -0.2) is 4.98 Å². The smallest absolute Gasteiger partial charge is 0.250 e. The molecule has 1 aliphatic rings. The van der Waals surface area contributed by atoms with Crippen LogP contribution in [0.1, 0.15) is 36.3 Å². The first-order valence-electron chi connectivity index (χ1n) is 13.5. The van der Waals surface area contributed by atoms with Gasteiger partial charge in [0.1, 0.15) is 22.0 Å². The van der Waals surface area contributed by atoms with Gasteiger partial charge in [0, 0.05) is 22.0 Å². The van der Waals surface area contributed by atoms with Crippen LogP contribution in [0.3, 0.4) is 0 Å². The summed E-state index contributed by atoms with van der Waals surface area (Å²) in [5.41, 5.74) is 2.15. The molecule has 5 rings (SSSR count). The van der Waals surface area contributed by atoms with Crippen molar-refractivity contribution >= 4 is 40.4 Å². The molecule has 1 aromatic heterocycles. The summed E-state index contributed by atoms with van der Waals surface area (Å²) in [5.74, 6) is 0.767. The number of carbonyl (C=O) groups is 2. The topological polar surface area (TPSA) is 80.8 Å². The number of hydrogen-bond donors (Lipinski definition) is 1. The maximum absolute atomic E-state index is 14.2. The van der Waals surface area contributed by atoms with Crippen LogP contribution in [-0.4, -0.2) is 41.5 Å². The Balaban J connectivity index is 1.48. The number of carbonyl (C=O) groups excluding carboxylic acids is 2. The van der Waals surface area contributed by atoms with Crippen LogP contribution in [0.25, 0.3) is 11.3 Å². The van der Waals surface area contributed by atoms with E-state index in [2.05, 4.69) is 5.32 Å². The highest BCUT2D eigenvalue weighted by atomic mass is 35.5. The number of thiazole rings is 1. The largest absolute Gasteiger partial charge is 0.497 e.